The highest BCUT2D eigenvalue weighted by molar-refractivity contribution is 5.87. The molecule has 1 fully saturated rings. The molecule has 4 rings (SSSR count). The molecule has 0 bridgehead atoms. The first-order chi connectivity index (χ1) is 11.0. The maximum atomic E-state index is 6.60. The van der Waals surface area contributed by atoms with E-state index < -0.39 is 0 Å². The lowest BCUT2D eigenvalue weighted by Crippen LogP contribution is -2.30. The van der Waals surface area contributed by atoms with Crippen molar-refractivity contribution >= 4 is 10.9 Å². The number of hydrogen-bond acceptors (Lipinski definition) is 2. The Kier molecular flexibility index (Phi) is 3.73. The van der Waals surface area contributed by atoms with Gasteiger partial charge in [0.15, 0.2) is 0 Å². The predicted octanol–water partition coefficient (Wildman–Crippen LogP) is 3.49. The van der Waals surface area contributed by atoms with Crippen LogP contribution in [-0.4, -0.2) is 22.6 Å². The molecule has 1 aromatic heterocycles. The Morgan fingerprint density at radius 3 is 2.48 bits per heavy atom. The summed E-state index contributed by atoms with van der Waals surface area (Å²) >= 11 is 0. The molecular formula is C20H29N3. The zero-order valence-electron chi connectivity index (χ0n) is 14.7. The summed E-state index contributed by atoms with van der Waals surface area (Å²) in [7, 11) is 4.40. The third-order valence-electron chi connectivity index (χ3n) is 6.27. The number of nitrogens with zero attached hydrogens (tertiary/aromatic N) is 2. The second kappa shape index (κ2) is 5.64. The molecule has 124 valence electrons. The van der Waals surface area contributed by atoms with Crippen LogP contribution in [0.2, 0.25) is 0 Å². The van der Waals surface area contributed by atoms with Crippen LogP contribution in [0.3, 0.4) is 0 Å². The van der Waals surface area contributed by atoms with E-state index >= 15 is 0 Å². The molecule has 0 spiro atoms. The van der Waals surface area contributed by atoms with Crippen molar-refractivity contribution in [1.82, 2.24) is 9.47 Å². The van der Waals surface area contributed by atoms with Crippen molar-refractivity contribution in [3.8, 4) is 0 Å². The molecule has 1 atom stereocenters. The van der Waals surface area contributed by atoms with Crippen molar-refractivity contribution < 1.29 is 0 Å². The van der Waals surface area contributed by atoms with E-state index in [0.29, 0.717) is 6.04 Å². The van der Waals surface area contributed by atoms with Crippen LogP contribution in [0.25, 0.3) is 10.9 Å². The highest BCUT2D eigenvalue weighted by Gasteiger charge is 2.25. The van der Waals surface area contributed by atoms with E-state index in [4.69, 9.17) is 5.73 Å². The number of nitrogens with two attached hydrogens (primary N) is 1. The molecule has 0 radical (unpaired) electrons. The fraction of sp³-hybridized carbons (Fsp3) is 0.600. The van der Waals surface area contributed by atoms with E-state index in [1.807, 2.05) is 0 Å². The van der Waals surface area contributed by atoms with Crippen LogP contribution in [0.4, 0.5) is 0 Å². The Morgan fingerprint density at radius 1 is 1.13 bits per heavy atom. The number of benzene rings is 1. The summed E-state index contributed by atoms with van der Waals surface area (Å²) in [5.74, 6) is 0.727. The fourth-order valence-corrected chi connectivity index (χ4v) is 4.75. The molecule has 3 nitrogen and oxygen atoms in total. The molecule has 2 heterocycles. The van der Waals surface area contributed by atoms with Gasteiger partial charge in [-0.25, -0.2) is 0 Å². The first kappa shape index (κ1) is 15.2. The van der Waals surface area contributed by atoms with Gasteiger partial charge in [-0.2, -0.15) is 0 Å². The smallest absolute Gasteiger partial charge is 0.0486 e. The average Bonchev–Trinajstić information content (AvgIpc) is 3.21. The molecule has 1 unspecified atom stereocenters. The minimum absolute atomic E-state index is 0.317. The van der Waals surface area contributed by atoms with Crippen molar-refractivity contribution in [3.05, 3.63) is 34.5 Å². The first-order valence-electron chi connectivity index (χ1n) is 9.08. The standard InChI is InChI=1S/C20H29N3/c1-13-17(10-19(21)14-6-4-5-7-14)18-8-15-11-22(2)12-16(15)9-20(18)23(13)3/h8-9,14,19H,4-7,10-12,21H2,1-3H3. The number of hydrogen-bond donors (Lipinski definition) is 1. The molecule has 0 amide bonds. The third-order valence-corrected chi connectivity index (χ3v) is 6.27. The van der Waals surface area contributed by atoms with Gasteiger partial charge in [0, 0.05) is 42.8 Å². The summed E-state index contributed by atoms with van der Waals surface area (Å²) in [5.41, 5.74) is 13.9. The van der Waals surface area contributed by atoms with Gasteiger partial charge in [0.05, 0.1) is 0 Å². The molecule has 1 aliphatic heterocycles. The van der Waals surface area contributed by atoms with Gasteiger partial charge < -0.3 is 10.3 Å². The molecule has 23 heavy (non-hydrogen) atoms. The Balaban J connectivity index is 1.74. The third kappa shape index (κ3) is 2.50. The van der Waals surface area contributed by atoms with Crippen LogP contribution >= 0.6 is 0 Å². The number of aryl methyl sites for hydroxylation is 1. The molecule has 3 heteroatoms. The van der Waals surface area contributed by atoms with Crippen LogP contribution < -0.4 is 5.73 Å². The van der Waals surface area contributed by atoms with Crippen molar-refractivity contribution in [3.63, 3.8) is 0 Å². The van der Waals surface area contributed by atoms with E-state index in [1.165, 1.54) is 59.0 Å². The van der Waals surface area contributed by atoms with Crippen LogP contribution in [0, 0.1) is 12.8 Å². The minimum atomic E-state index is 0.317. The van der Waals surface area contributed by atoms with E-state index in [2.05, 4.69) is 42.6 Å². The van der Waals surface area contributed by atoms with Crippen molar-refractivity contribution in [2.24, 2.45) is 18.7 Å². The summed E-state index contributed by atoms with van der Waals surface area (Å²) in [4.78, 5) is 2.39. The topological polar surface area (TPSA) is 34.2 Å². The summed E-state index contributed by atoms with van der Waals surface area (Å²) in [5, 5.41) is 1.44. The zero-order valence-corrected chi connectivity index (χ0v) is 14.7. The molecular weight excluding hydrogens is 282 g/mol. The van der Waals surface area contributed by atoms with Crippen LogP contribution in [0.1, 0.15) is 48.1 Å². The Morgan fingerprint density at radius 2 is 1.78 bits per heavy atom. The van der Waals surface area contributed by atoms with Crippen molar-refractivity contribution in [2.75, 3.05) is 7.05 Å². The molecule has 2 aromatic rings. The highest BCUT2D eigenvalue weighted by atomic mass is 15.1. The van der Waals surface area contributed by atoms with Gasteiger partial charge >= 0.3 is 0 Å². The van der Waals surface area contributed by atoms with Gasteiger partial charge in [-0.1, -0.05) is 12.8 Å². The molecule has 1 saturated carbocycles. The second-order valence-electron chi connectivity index (χ2n) is 7.85. The van der Waals surface area contributed by atoms with Gasteiger partial charge in [-0.05, 0) is 68.0 Å². The van der Waals surface area contributed by atoms with Gasteiger partial charge in [0.25, 0.3) is 0 Å². The maximum Gasteiger partial charge on any atom is 0.0486 e. The van der Waals surface area contributed by atoms with Gasteiger partial charge in [-0.3, -0.25) is 4.90 Å². The SMILES string of the molecule is Cc1c(CC(N)C2CCCC2)c2cc3c(cc2n1C)CN(C)C3. The quantitative estimate of drug-likeness (QED) is 0.941. The van der Waals surface area contributed by atoms with Crippen LogP contribution in [0.15, 0.2) is 12.1 Å². The Bertz CT molecular complexity index is 737. The fourth-order valence-electron chi connectivity index (χ4n) is 4.75. The Hall–Kier alpha value is -1.32. The minimum Gasteiger partial charge on any atom is -0.348 e. The Labute approximate surface area is 139 Å². The number of aromatic nitrogens is 1. The van der Waals surface area contributed by atoms with Gasteiger partial charge in [0.2, 0.25) is 0 Å². The molecule has 1 aromatic carbocycles. The number of rotatable bonds is 3. The largest absolute Gasteiger partial charge is 0.348 e. The maximum absolute atomic E-state index is 6.60. The van der Waals surface area contributed by atoms with Crippen LogP contribution in [0.5, 0.6) is 0 Å². The predicted molar refractivity (Wildman–Crippen MR) is 96.5 cm³/mol. The van der Waals surface area contributed by atoms with E-state index in [0.717, 1.165) is 25.4 Å². The zero-order chi connectivity index (χ0) is 16.1. The number of fused-ring (bicyclic) bond motifs is 2. The van der Waals surface area contributed by atoms with Gasteiger partial charge in [0.1, 0.15) is 0 Å². The molecule has 2 aliphatic rings. The average molecular weight is 311 g/mol. The van der Waals surface area contributed by atoms with E-state index in [-0.39, 0.29) is 0 Å². The lowest BCUT2D eigenvalue weighted by molar-refractivity contribution is 0.353. The second-order valence-corrected chi connectivity index (χ2v) is 7.85. The van der Waals surface area contributed by atoms with Crippen molar-refractivity contribution in [1.29, 1.82) is 0 Å². The van der Waals surface area contributed by atoms with Crippen molar-refractivity contribution in [2.45, 2.75) is 58.2 Å². The summed E-state index contributed by atoms with van der Waals surface area (Å²) in [6, 6.07) is 5.17. The molecule has 2 N–H and O–H groups in total. The van der Waals surface area contributed by atoms with Gasteiger partial charge in [-0.15, -0.1) is 0 Å². The monoisotopic (exact) mass is 311 g/mol. The molecule has 0 saturated heterocycles. The lowest BCUT2D eigenvalue weighted by atomic mass is 9.91. The summed E-state index contributed by atoms with van der Waals surface area (Å²) in [6.07, 6.45) is 6.41. The van der Waals surface area contributed by atoms with Crippen LogP contribution in [-0.2, 0) is 26.6 Å². The normalized spacial score (nSPS) is 20.5. The summed E-state index contributed by atoms with van der Waals surface area (Å²) < 4.78 is 2.37. The first-order valence-corrected chi connectivity index (χ1v) is 9.08. The summed E-state index contributed by atoms with van der Waals surface area (Å²) in [6.45, 7) is 4.41. The molecule has 1 aliphatic carbocycles. The van der Waals surface area contributed by atoms with E-state index in [1.54, 1.807) is 0 Å². The lowest BCUT2D eigenvalue weighted by Gasteiger charge is -2.19. The van der Waals surface area contributed by atoms with E-state index in [9.17, 15) is 0 Å². The highest BCUT2D eigenvalue weighted by Crippen LogP contribution is 2.34.